The van der Waals surface area contributed by atoms with Crippen LogP contribution in [0.15, 0.2) is 24.3 Å². The topological polar surface area (TPSA) is 29.1 Å². The molecule has 1 rings (SSSR count). The number of hydrogen-bond donors (Lipinski definition) is 1. The van der Waals surface area contributed by atoms with Gasteiger partial charge < -0.3 is 5.32 Å². The molecule has 1 atom stereocenters. The predicted octanol–water partition coefficient (Wildman–Crippen LogP) is 3.09. The third-order valence-corrected chi connectivity index (χ3v) is 3.33. The smallest absolute Gasteiger partial charge is 0.254 e. The van der Waals surface area contributed by atoms with E-state index < -0.39 is 5.82 Å². The van der Waals surface area contributed by atoms with Crippen molar-refractivity contribution in [2.75, 3.05) is 11.5 Å². The number of halogens is 1. The molecule has 0 radical (unpaired) electrons. The Morgan fingerprint density at radius 3 is 2.82 bits per heavy atom. The number of nitrogens with one attached hydrogen (secondary N) is 1. The van der Waals surface area contributed by atoms with Gasteiger partial charge in [0.05, 0.1) is 5.56 Å². The number of rotatable bonds is 6. The summed E-state index contributed by atoms with van der Waals surface area (Å²) in [6.07, 6.45) is 0.901. The molecule has 1 N–H and O–H groups in total. The number of benzene rings is 1. The van der Waals surface area contributed by atoms with Crippen LogP contribution < -0.4 is 5.32 Å². The monoisotopic (exact) mass is 255 g/mol. The summed E-state index contributed by atoms with van der Waals surface area (Å²) in [6.45, 7) is 4.04. The highest BCUT2D eigenvalue weighted by atomic mass is 32.2. The SMILES string of the molecule is CCSCC[C@H](C)NC(=O)c1ccccc1F. The van der Waals surface area contributed by atoms with Crippen molar-refractivity contribution in [2.24, 2.45) is 0 Å². The Morgan fingerprint density at radius 1 is 1.47 bits per heavy atom. The number of thioether (sulfide) groups is 1. The van der Waals surface area contributed by atoms with Gasteiger partial charge in [0, 0.05) is 6.04 Å². The fourth-order valence-corrected chi connectivity index (χ4v) is 2.23. The van der Waals surface area contributed by atoms with Gasteiger partial charge in [0.15, 0.2) is 0 Å². The lowest BCUT2D eigenvalue weighted by molar-refractivity contribution is 0.0935. The average molecular weight is 255 g/mol. The molecule has 0 unspecified atom stereocenters. The van der Waals surface area contributed by atoms with Gasteiger partial charge in [-0.25, -0.2) is 4.39 Å². The molecule has 1 amide bonds. The van der Waals surface area contributed by atoms with Gasteiger partial charge in [-0.15, -0.1) is 0 Å². The molecule has 17 heavy (non-hydrogen) atoms. The Bertz CT molecular complexity index is 370. The number of hydrogen-bond acceptors (Lipinski definition) is 2. The van der Waals surface area contributed by atoms with Crippen molar-refractivity contribution in [3.05, 3.63) is 35.6 Å². The largest absolute Gasteiger partial charge is 0.349 e. The van der Waals surface area contributed by atoms with Crippen LogP contribution in [0, 0.1) is 5.82 Å². The highest BCUT2D eigenvalue weighted by Crippen LogP contribution is 2.08. The molecule has 0 aliphatic heterocycles. The molecule has 0 aromatic heterocycles. The number of amides is 1. The lowest BCUT2D eigenvalue weighted by Crippen LogP contribution is -2.33. The molecule has 0 aliphatic carbocycles. The van der Waals surface area contributed by atoms with Crippen LogP contribution in [0.2, 0.25) is 0 Å². The van der Waals surface area contributed by atoms with Crippen LogP contribution in [0.3, 0.4) is 0 Å². The minimum atomic E-state index is -0.472. The minimum Gasteiger partial charge on any atom is -0.349 e. The number of carbonyl (C=O) groups excluding carboxylic acids is 1. The van der Waals surface area contributed by atoms with Gasteiger partial charge in [0.2, 0.25) is 0 Å². The minimum absolute atomic E-state index is 0.0705. The van der Waals surface area contributed by atoms with Crippen LogP contribution in [0.5, 0.6) is 0 Å². The third-order valence-electron chi connectivity index (χ3n) is 2.40. The molecule has 0 spiro atoms. The summed E-state index contributed by atoms with van der Waals surface area (Å²) in [5.41, 5.74) is 0.113. The van der Waals surface area contributed by atoms with Crippen molar-refractivity contribution < 1.29 is 9.18 Å². The lowest BCUT2D eigenvalue weighted by atomic mass is 10.1. The average Bonchev–Trinajstić information content (AvgIpc) is 2.29. The lowest BCUT2D eigenvalue weighted by Gasteiger charge is -2.13. The first kappa shape index (κ1) is 14.0. The van der Waals surface area contributed by atoms with E-state index in [4.69, 9.17) is 0 Å². The standard InChI is InChI=1S/C13H18FNOS/c1-3-17-9-8-10(2)15-13(16)11-6-4-5-7-12(11)14/h4-7,10H,3,8-9H2,1-2H3,(H,15,16)/t10-/m0/s1. The first-order valence-electron chi connectivity index (χ1n) is 5.78. The molecular formula is C13H18FNOS. The van der Waals surface area contributed by atoms with Crippen molar-refractivity contribution in [1.82, 2.24) is 5.32 Å². The second-order valence-corrected chi connectivity index (χ2v) is 5.23. The van der Waals surface area contributed by atoms with E-state index in [-0.39, 0.29) is 17.5 Å². The van der Waals surface area contributed by atoms with Gasteiger partial charge in [-0.1, -0.05) is 19.1 Å². The van der Waals surface area contributed by atoms with Crippen LogP contribution in [0.25, 0.3) is 0 Å². The first-order valence-corrected chi connectivity index (χ1v) is 6.93. The Morgan fingerprint density at radius 2 is 2.18 bits per heavy atom. The second-order valence-electron chi connectivity index (χ2n) is 3.84. The fourth-order valence-electron chi connectivity index (χ4n) is 1.42. The third kappa shape index (κ3) is 4.77. The van der Waals surface area contributed by atoms with E-state index in [9.17, 15) is 9.18 Å². The fraction of sp³-hybridized carbons (Fsp3) is 0.462. The van der Waals surface area contributed by atoms with Crippen LogP contribution in [-0.2, 0) is 0 Å². The summed E-state index contributed by atoms with van der Waals surface area (Å²) < 4.78 is 13.3. The second kappa shape index (κ2) is 7.33. The van der Waals surface area contributed by atoms with E-state index in [0.717, 1.165) is 17.9 Å². The molecule has 0 aliphatic rings. The molecule has 0 heterocycles. The molecule has 0 fully saturated rings. The van der Waals surface area contributed by atoms with Crippen molar-refractivity contribution in [1.29, 1.82) is 0 Å². The Hall–Kier alpha value is -1.03. The van der Waals surface area contributed by atoms with Crippen molar-refractivity contribution in [3.8, 4) is 0 Å². The van der Waals surface area contributed by atoms with Gasteiger partial charge in [-0.2, -0.15) is 11.8 Å². The molecule has 0 bridgehead atoms. The van der Waals surface area contributed by atoms with E-state index >= 15 is 0 Å². The highest BCUT2D eigenvalue weighted by molar-refractivity contribution is 7.99. The zero-order chi connectivity index (χ0) is 12.7. The van der Waals surface area contributed by atoms with Gasteiger partial charge in [-0.05, 0) is 37.0 Å². The Balaban J connectivity index is 2.46. The van der Waals surface area contributed by atoms with Crippen molar-refractivity contribution in [3.63, 3.8) is 0 Å². The summed E-state index contributed by atoms with van der Waals surface area (Å²) in [4.78, 5) is 11.8. The summed E-state index contributed by atoms with van der Waals surface area (Å²) >= 11 is 1.84. The van der Waals surface area contributed by atoms with E-state index in [0.29, 0.717) is 0 Å². The van der Waals surface area contributed by atoms with E-state index in [1.54, 1.807) is 12.1 Å². The quantitative estimate of drug-likeness (QED) is 0.791. The maximum atomic E-state index is 13.3. The maximum Gasteiger partial charge on any atom is 0.254 e. The van der Waals surface area contributed by atoms with Crippen molar-refractivity contribution >= 4 is 17.7 Å². The predicted molar refractivity (Wildman–Crippen MR) is 70.9 cm³/mol. The van der Waals surface area contributed by atoms with Crippen LogP contribution in [0.4, 0.5) is 4.39 Å². The zero-order valence-corrected chi connectivity index (χ0v) is 11.0. The normalized spacial score (nSPS) is 12.2. The Labute approximate surface area is 106 Å². The van der Waals surface area contributed by atoms with E-state index in [1.165, 1.54) is 12.1 Å². The summed E-state index contributed by atoms with van der Waals surface area (Å²) in [5, 5.41) is 2.80. The van der Waals surface area contributed by atoms with E-state index in [2.05, 4.69) is 12.2 Å². The molecule has 4 heteroatoms. The van der Waals surface area contributed by atoms with Gasteiger partial charge >= 0.3 is 0 Å². The molecule has 1 aromatic carbocycles. The number of carbonyl (C=O) groups is 1. The van der Waals surface area contributed by atoms with Crippen LogP contribution in [0.1, 0.15) is 30.6 Å². The van der Waals surface area contributed by atoms with E-state index in [1.807, 2.05) is 18.7 Å². The molecule has 0 saturated heterocycles. The molecule has 0 saturated carbocycles. The van der Waals surface area contributed by atoms with Crippen LogP contribution >= 0.6 is 11.8 Å². The molecular weight excluding hydrogens is 237 g/mol. The van der Waals surface area contributed by atoms with Gasteiger partial charge in [-0.3, -0.25) is 4.79 Å². The molecule has 94 valence electrons. The van der Waals surface area contributed by atoms with Gasteiger partial charge in [0.1, 0.15) is 5.82 Å². The summed E-state index contributed by atoms with van der Waals surface area (Å²) in [6, 6.07) is 6.11. The van der Waals surface area contributed by atoms with Crippen LogP contribution in [-0.4, -0.2) is 23.5 Å². The van der Waals surface area contributed by atoms with Gasteiger partial charge in [0.25, 0.3) is 5.91 Å². The first-order chi connectivity index (χ1) is 8.15. The van der Waals surface area contributed by atoms with Crippen molar-refractivity contribution in [2.45, 2.75) is 26.3 Å². The summed E-state index contributed by atoms with van der Waals surface area (Å²) in [5.74, 6) is 1.28. The molecule has 1 aromatic rings. The maximum absolute atomic E-state index is 13.3. The highest BCUT2D eigenvalue weighted by Gasteiger charge is 2.12. The summed E-state index contributed by atoms with van der Waals surface area (Å²) in [7, 11) is 0. The molecule has 2 nitrogen and oxygen atoms in total. The Kier molecular flexibility index (Phi) is 6.05. The zero-order valence-electron chi connectivity index (χ0n) is 10.2.